The van der Waals surface area contributed by atoms with E-state index < -0.39 is 12.1 Å². The van der Waals surface area contributed by atoms with Gasteiger partial charge in [0.1, 0.15) is 0 Å². The third-order valence-electron chi connectivity index (χ3n) is 3.58. The normalized spacial score (nSPS) is 16.2. The number of aliphatic hydroxyl groups excluding tert-OH is 1. The van der Waals surface area contributed by atoms with Crippen molar-refractivity contribution in [2.45, 2.75) is 44.6 Å². The number of benzene rings is 1. The lowest BCUT2D eigenvalue weighted by Crippen LogP contribution is -2.41. The van der Waals surface area contributed by atoms with Gasteiger partial charge >= 0.3 is 5.97 Å². The van der Waals surface area contributed by atoms with Crippen LogP contribution in [0.4, 0.5) is 0 Å². The molecule has 0 saturated heterocycles. The minimum Gasteiger partial charge on any atom is -0.479 e. The molecule has 0 aliphatic heterocycles. The van der Waals surface area contributed by atoms with E-state index in [0.29, 0.717) is 19.6 Å². The second kappa shape index (κ2) is 11.9. The number of hydrogen-bond acceptors (Lipinski definition) is 6. The molecule has 7 heteroatoms. The van der Waals surface area contributed by atoms with Crippen molar-refractivity contribution in [3.8, 4) is 0 Å². The van der Waals surface area contributed by atoms with E-state index in [0.717, 1.165) is 5.56 Å². The van der Waals surface area contributed by atoms with E-state index in [2.05, 4.69) is 5.32 Å². The predicted molar refractivity (Wildman–Crippen MR) is 95.5 cm³/mol. The van der Waals surface area contributed by atoms with Gasteiger partial charge in [-0.05, 0) is 19.4 Å². The van der Waals surface area contributed by atoms with Crippen LogP contribution in [0.3, 0.4) is 0 Å². The van der Waals surface area contributed by atoms with Gasteiger partial charge in [-0.1, -0.05) is 30.3 Å². The minimum absolute atomic E-state index is 0.0782. The Morgan fingerprint density at radius 2 is 1.88 bits per heavy atom. The Hall–Kier alpha value is -1.51. The number of ether oxygens (including phenoxy) is 2. The van der Waals surface area contributed by atoms with E-state index >= 15 is 0 Å². The van der Waals surface area contributed by atoms with Crippen LogP contribution in [-0.2, 0) is 20.7 Å². The Morgan fingerprint density at radius 1 is 1.20 bits per heavy atom. The van der Waals surface area contributed by atoms with Crippen molar-refractivity contribution in [1.29, 1.82) is 0 Å². The Morgan fingerprint density at radius 3 is 2.44 bits per heavy atom. The summed E-state index contributed by atoms with van der Waals surface area (Å²) in [5, 5.41) is 21.8. The lowest BCUT2D eigenvalue weighted by molar-refractivity contribution is -0.150. The zero-order chi connectivity index (χ0) is 18.7. The van der Waals surface area contributed by atoms with Crippen LogP contribution in [0.15, 0.2) is 30.3 Å². The zero-order valence-corrected chi connectivity index (χ0v) is 14.9. The van der Waals surface area contributed by atoms with Crippen molar-refractivity contribution in [3.63, 3.8) is 0 Å². The van der Waals surface area contributed by atoms with Crippen LogP contribution < -0.4 is 11.1 Å². The first-order valence-electron chi connectivity index (χ1n) is 8.52. The fourth-order valence-corrected chi connectivity index (χ4v) is 2.16. The Kier molecular flexibility index (Phi) is 10.3. The van der Waals surface area contributed by atoms with Crippen LogP contribution in [-0.4, -0.2) is 66.8 Å². The molecule has 0 aliphatic rings. The lowest BCUT2D eigenvalue weighted by atomic mass is 10.1. The number of rotatable bonds is 13. The molecule has 7 nitrogen and oxygen atoms in total. The molecule has 0 radical (unpaired) electrons. The summed E-state index contributed by atoms with van der Waals surface area (Å²) >= 11 is 0. The van der Waals surface area contributed by atoms with Crippen molar-refractivity contribution in [1.82, 2.24) is 5.32 Å². The average molecular weight is 354 g/mol. The fourth-order valence-electron chi connectivity index (χ4n) is 2.16. The quantitative estimate of drug-likeness (QED) is 0.405. The smallest absolute Gasteiger partial charge is 0.333 e. The van der Waals surface area contributed by atoms with E-state index in [1.807, 2.05) is 44.2 Å². The lowest BCUT2D eigenvalue weighted by Gasteiger charge is -2.22. The molecule has 142 valence electrons. The summed E-state index contributed by atoms with van der Waals surface area (Å²) in [5.74, 6) is -0.982. The Bertz CT molecular complexity index is 484. The summed E-state index contributed by atoms with van der Waals surface area (Å²) in [6.07, 6.45) is -0.928. The molecule has 0 spiro atoms. The van der Waals surface area contributed by atoms with Crippen LogP contribution in [0.25, 0.3) is 0 Å². The fraction of sp³-hybridized carbons (Fsp3) is 0.611. The van der Waals surface area contributed by atoms with Gasteiger partial charge in [0.2, 0.25) is 0 Å². The molecular weight excluding hydrogens is 324 g/mol. The van der Waals surface area contributed by atoms with Crippen LogP contribution in [0, 0.1) is 0 Å². The molecule has 0 amide bonds. The van der Waals surface area contributed by atoms with Gasteiger partial charge in [-0.3, -0.25) is 0 Å². The summed E-state index contributed by atoms with van der Waals surface area (Å²) in [7, 11) is 0. The monoisotopic (exact) mass is 354 g/mol. The second-order valence-corrected chi connectivity index (χ2v) is 6.27. The molecule has 0 unspecified atom stereocenters. The molecular formula is C18H30N2O5. The van der Waals surface area contributed by atoms with E-state index in [4.69, 9.17) is 15.2 Å². The highest BCUT2D eigenvalue weighted by atomic mass is 16.5. The summed E-state index contributed by atoms with van der Waals surface area (Å²) in [5.41, 5.74) is 6.54. The van der Waals surface area contributed by atoms with Crippen molar-refractivity contribution in [2.24, 2.45) is 5.73 Å². The Labute approximate surface area is 149 Å². The number of carboxylic acid groups (broad SMARTS) is 1. The number of carbonyl (C=O) groups is 1. The third kappa shape index (κ3) is 9.52. The highest BCUT2D eigenvalue weighted by Gasteiger charge is 2.20. The van der Waals surface area contributed by atoms with Gasteiger partial charge in [0.15, 0.2) is 6.10 Å². The largest absolute Gasteiger partial charge is 0.479 e. The molecule has 4 atom stereocenters. The molecule has 1 aromatic rings. The first-order valence-corrected chi connectivity index (χ1v) is 8.52. The van der Waals surface area contributed by atoms with Crippen molar-refractivity contribution in [3.05, 3.63) is 35.9 Å². The van der Waals surface area contributed by atoms with Gasteiger partial charge in [0.05, 0.1) is 25.9 Å². The first kappa shape index (κ1) is 21.5. The van der Waals surface area contributed by atoms with Gasteiger partial charge in [0.25, 0.3) is 0 Å². The maximum Gasteiger partial charge on any atom is 0.333 e. The highest BCUT2D eigenvalue weighted by Crippen LogP contribution is 2.07. The Balaban J connectivity index is 2.36. The third-order valence-corrected chi connectivity index (χ3v) is 3.58. The molecule has 5 N–H and O–H groups in total. The molecule has 25 heavy (non-hydrogen) atoms. The van der Waals surface area contributed by atoms with Crippen molar-refractivity contribution < 1.29 is 24.5 Å². The summed E-state index contributed by atoms with van der Waals surface area (Å²) in [6.45, 7) is 4.66. The molecule has 0 saturated carbocycles. The second-order valence-electron chi connectivity index (χ2n) is 6.27. The average Bonchev–Trinajstić information content (AvgIpc) is 2.59. The summed E-state index contributed by atoms with van der Waals surface area (Å²) in [6, 6.07) is 9.21. The number of aliphatic carboxylic acids is 1. The molecule has 0 fully saturated rings. The number of aliphatic hydroxyl groups is 1. The molecule has 1 rings (SSSR count). The van der Waals surface area contributed by atoms with Crippen molar-refractivity contribution in [2.75, 3.05) is 26.4 Å². The van der Waals surface area contributed by atoms with E-state index in [1.54, 1.807) is 0 Å². The first-order chi connectivity index (χ1) is 11.9. The van der Waals surface area contributed by atoms with Crippen molar-refractivity contribution >= 4 is 5.97 Å². The summed E-state index contributed by atoms with van der Waals surface area (Å²) < 4.78 is 11.0. The maximum absolute atomic E-state index is 11.4. The van der Waals surface area contributed by atoms with Gasteiger partial charge < -0.3 is 30.7 Å². The van der Waals surface area contributed by atoms with Crippen LogP contribution >= 0.6 is 0 Å². The van der Waals surface area contributed by atoms with Gasteiger partial charge in [-0.25, -0.2) is 4.79 Å². The molecule has 0 heterocycles. The summed E-state index contributed by atoms with van der Waals surface area (Å²) in [4.78, 5) is 11.4. The molecule has 0 bridgehead atoms. The number of carboxylic acids is 1. The number of hydrogen-bond donors (Lipinski definition) is 4. The standard InChI is InChI=1S/C18H30N2O5/c1-13(19)11-24-16(10-21)9-20-14(2)12-25-17(18(22)23)8-15-6-4-3-5-7-15/h3-7,13-14,16-17,20-21H,8-12,19H2,1-2H3,(H,22,23)/t13-,14-,16+,17-/m0/s1. The van der Waals surface area contributed by atoms with Crippen LogP contribution in [0.1, 0.15) is 19.4 Å². The van der Waals surface area contributed by atoms with Gasteiger partial charge in [-0.2, -0.15) is 0 Å². The van der Waals surface area contributed by atoms with E-state index in [-0.39, 0.29) is 31.4 Å². The molecule has 0 aliphatic carbocycles. The highest BCUT2D eigenvalue weighted by molar-refractivity contribution is 5.72. The van der Waals surface area contributed by atoms with Crippen LogP contribution in [0.2, 0.25) is 0 Å². The SMILES string of the molecule is C[C@H](N)CO[C@@H](CO)CN[C@@H](C)CO[C@@H](Cc1ccccc1)C(=O)O. The zero-order valence-electron chi connectivity index (χ0n) is 14.9. The number of nitrogens with two attached hydrogens (primary N) is 1. The minimum atomic E-state index is -0.982. The van der Waals surface area contributed by atoms with Gasteiger partial charge in [-0.15, -0.1) is 0 Å². The molecule has 1 aromatic carbocycles. The number of nitrogens with one attached hydrogen (secondary N) is 1. The van der Waals surface area contributed by atoms with Gasteiger partial charge in [0, 0.05) is 25.0 Å². The predicted octanol–water partition coefficient (Wildman–Crippen LogP) is 0.402. The van der Waals surface area contributed by atoms with E-state index in [1.165, 1.54) is 0 Å². The topological polar surface area (TPSA) is 114 Å². The van der Waals surface area contributed by atoms with Crippen LogP contribution in [0.5, 0.6) is 0 Å². The maximum atomic E-state index is 11.4. The molecule has 0 aromatic heterocycles. The van der Waals surface area contributed by atoms with E-state index in [9.17, 15) is 15.0 Å².